The number of hydrogen-bond acceptors (Lipinski definition) is 5. The van der Waals surface area contributed by atoms with Crippen LogP contribution in [0.4, 0.5) is 14.6 Å². The highest BCUT2D eigenvalue weighted by Gasteiger charge is 2.24. The Balaban J connectivity index is 1.32. The van der Waals surface area contributed by atoms with Crippen molar-refractivity contribution in [3.05, 3.63) is 47.9 Å². The summed E-state index contributed by atoms with van der Waals surface area (Å²) >= 11 is 0. The predicted molar refractivity (Wildman–Crippen MR) is 113 cm³/mol. The lowest BCUT2D eigenvalue weighted by Crippen LogP contribution is -2.37. The van der Waals surface area contributed by atoms with Crippen molar-refractivity contribution in [2.75, 3.05) is 25.0 Å². The van der Waals surface area contributed by atoms with Gasteiger partial charge in [0.05, 0.1) is 17.5 Å². The maximum Gasteiger partial charge on any atom is 0.254 e. The van der Waals surface area contributed by atoms with Crippen LogP contribution in [0.1, 0.15) is 29.6 Å². The highest BCUT2D eigenvalue weighted by Crippen LogP contribution is 2.29. The maximum atomic E-state index is 14.8. The van der Waals surface area contributed by atoms with Crippen LogP contribution in [0.5, 0.6) is 0 Å². The lowest BCUT2D eigenvalue weighted by molar-refractivity contribution is 0.0946. The van der Waals surface area contributed by atoms with Crippen LogP contribution in [-0.4, -0.2) is 52.4 Å². The summed E-state index contributed by atoms with van der Waals surface area (Å²) in [5.41, 5.74) is 1.82. The second kappa shape index (κ2) is 8.22. The van der Waals surface area contributed by atoms with Crippen LogP contribution in [0.25, 0.3) is 16.9 Å². The summed E-state index contributed by atoms with van der Waals surface area (Å²) in [5, 5.41) is 13.6. The Morgan fingerprint density at radius 3 is 2.84 bits per heavy atom. The Morgan fingerprint density at radius 2 is 2.10 bits per heavy atom. The van der Waals surface area contributed by atoms with Crippen LogP contribution in [0, 0.1) is 11.7 Å². The molecule has 2 aromatic heterocycles. The fourth-order valence-corrected chi connectivity index (χ4v) is 3.83. The van der Waals surface area contributed by atoms with Gasteiger partial charge >= 0.3 is 0 Å². The summed E-state index contributed by atoms with van der Waals surface area (Å²) in [5.74, 6) is 0.313. The number of carbonyl (C=O) groups excluding carboxylic acids is 1. The average Bonchev–Trinajstić information content (AvgIpc) is 3.36. The number of nitrogens with zero attached hydrogens (tertiary/aromatic N) is 3. The van der Waals surface area contributed by atoms with Crippen molar-refractivity contribution in [1.29, 1.82) is 0 Å². The van der Waals surface area contributed by atoms with E-state index in [0.717, 1.165) is 18.3 Å². The molecule has 1 saturated heterocycles. The van der Waals surface area contributed by atoms with Crippen LogP contribution in [0.15, 0.2) is 36.5 Å². The first-order valence-electron chi connectivity index (χ1n) is 10.6. The topological polar surface area (TPSA) is 83.3 Å². The van der Waals surface area contributed by atoms with E-state index in [9.17, 15) is 13.6 Å². The molecule has 2 aliphatic rings. The zero-order valence-electron chi connectivity index (χ0n) is 16.9. The molecule has 162 valence electrons. The Morgan fingerprint density at radius 1 is 1.23 bits per heavy atom. The summed E-state index contributed by atoms with van der Waals surface area (Å²) in [6.07, 6.45) is 3.58. The Kier molecular flexibility index (Phi) is 5.27. The summed E-state index contributed by atoms with van der Waals surface area (Å²) in [6, 6.07) is 8.06. The molecule has 3 heterocycles. The highest BCUT2D eigenvalue weighted by molar-refractivity contribution is 5.95. The van der Waals surface area contributed by atoms with E-state index in [1.807, 2.05) is 12.1 Å². The molecular weight excluding hydrogens is 402 g/mol. The first-order valence-corrected chi connectivity index (χ1v) is 10.6. The third kappa shape index (κ3) is 4.36. The second-order valence-electron chi connectivity index (χ2n) is 8.30. The van der Waals surface area contributed by atoms with Gasteiger partial charge < -0.3 is 16.0 Å². The van der Waals surface area contributed by atoms with Gasteiger partial charge in [-0.05, 0) is 49.4 Å². The van der Waals surface area contributed by atoms with Crippen molar-refractivity contribution in [3.63, 3.8) is 0 Å². The van der Waals surface area contributed by atoms with E-state index in [2.05, 4.69) is 26.0 Å². The van der Waals surface area contributed by atoms with Crippen LogP contribution in [0.2, 0.25) is 0 Å². The van der Waals surface area contributed by atoms with Crippen molar-refractivity contribution in [1.82, 2.24) is 25.2 Å². The van der Waals surface area contributed by atoms with E-state index in [1.165, 1.54) is 25.0 Å². The van der Waals surface area contributed by atoms with Crippen molar-refractivity contribution in [3.8, 4) is 11.3 Å². The largest absolute Gasteiger partial charge is 0.368 e. The molecule has 0 bridgehead atoms. The fourth-order valence-electron chi connectivity index (χ4n) is 3.83. The monoisotopic (exact) mass is 426 g/mol. The number of anilines is 1. The van der Waals surface area contributed by atoms with Gasteiger partial charge in [0.25, 0.3) is 5.91 Å². The maximum absolute atomic E-state index is 14.8. The van der Waals surface area contributed by atoms with Gasteiger partial charge in [0.2, 0.25) is 0 Å². The van der Waals surface area contributed by atoms with Crippen LogP contribution >= 0.6 is 0 Å². The minimum absolute atomic E-state index is 0.0490. The summed E-state index contributed by atoms with van der Waals surface area (Å²) in [6.45, 7) is 1.44. The minimum Gasteiger partial charge on any atom is -0.368 e. The number of rotatable bonds is 7. The molecule has 9 heteroatoms. The van der Waals surface area contributed by atoms with E-state index in [4.69, 9.17) is 0 Å². The normalized spacial score (nSPS) is 20.8. The summed E-state index contributed by atoms with van der Waals surface area (Å²) < 4.78 is 29.7. The molecule has 3 N–H and O–H groups in total. The van der Waals surface area contributed by atoms with Crippen LogP contribution < -0.4 is 16.0 Å². The molecule has 0 spiro atoms. The number of benzene rings is 1. The van der Waals surface area contributed by atoms with E-state index in [1.54, 1.807) is 16.8 Å². The molecule has 1 aliphatic heterocycles. The van der Waals surface area contributed by atoms with E-state index in [0.29, 0.717) is 23.3 Å². The molecule has 31 heavy (non-hydrogen) atoms. The van der Waals surface area contributed by atoms with Gasteiger partial charge in [-0.25, -0.2) is 18.3 Å². The summed E-state index contributed by atoms with van der Waals surface area (Å²) in [4.78, 5) is 16.7. The molecule has 1 amide bonds. The SMILES string of the molecule is O=C(NC[C@@H]1C[C@H](F)CN1)c1ccc(-c2cnc3ccc(NCC4CC4)nn23)cc1F. The first-order chi connectivity index (χ1) is 15.1. The van der Waals surface area contributed by atoms with Crippen molar-refractivity contribution in [2.45, 2.75) is 31.5 Å². The van der Waals surface area contributed by atoms with Crippen molar-refractivity contribution >= 4 is 17.4 Å². The predicted octanol–water partition coefficient (Wildman–Crippen LogP) is 2.79. The van der Waals surface area contributed by atoms with E-state index < -0.39 is 17.9 Å². The summed E-state index contributed by atoms with van der Waals surface area (Å²) in [7, 11) is 0. The second-order valence-corrected chi connectivity index (χ2v) is 8.30. The van der Waals surface area contributed by atoms with Gasteiger partial charge in [0.15, 0.2) is 5.65 Å². The Labute approximate surface area is 178 Å². The van der Waals surface area contributed by atoms with Gasteiger partial charge in [-0.15, -0.1) is 5.10 Å². The number of nitrogens with one attached hydrogen (secondary N) is 3. The zero-order valence-corrected chi connectivity index (χ0v) is 16.9. The molecule has 5 rings (SSSR count). The molecule has 2 atom stereocenters. The van der Waals surface area contributed by atoms with Gasteiger partial charge in [-0.2, -0.15) is 0 Å². The Hall–Kier alpha value is -3.07. The quantitative estimate of drug-likeness (QED) is 0.541. The van der Waals surface area contributed by atoms with Crippen LogP contribution in [-0.2, 0) is 0 Å². The number of aromatic nitrogens is 3. The number of imidazole rings is 1. The van der Waals surface area contributed by atoms with Gasteiger partial charge in [0, 0.05) is 31.2 Å². The first kappa shape index (κ1) is 19.9. The molecule has 0 radical (unpaired) electrons. The lowest BCUT2D eigenvalue weighted by atomic mass is 10.1. The van der Waals surface area contributed by atoms with E-state index >= 15 is 0 Å². The number of alkyl halides is 1. The average molecular weight is 426 g/mol. The van der Waals surface area contributed by atoms with Gasteiger partial charge in [0.1, 0.15) is 17.8 Å². The molecule has 7 nitrogen and oxygen atoms in total. The third-order valence-corrected chi connectivity index (χ3v) is 5.82. The number of fused-ring (bicyclic) bond motifs is 1. The molecule has 1 saturated carbocycles. The number of amides is 1. The highest BCUT2D eigenvalue weighted by atomic mass is 19.1. The third-order valence-electron chi connectivity index (χ3n) is 5.82. The number of carbonyl (C=O) groups is 1. The van der Waals surface area contributed by atoms with Crippen LogP contribution in [0.3, 0.4) is 0 Å². The van der Waals surface area contributed by atoms with Crippen molar-refractivity contribution < 1.29 is 13.6 Å². The molecule has 0 unspecified atom stereocenters. The molecule has 1 aromatic carbocycles. The molecular formula is C22H24F2N6O. The smallest absolute Gasteiger partial charge is 0.254 e. The number of hydrogen-bond donors (Lipinski definition) is 3. The van der Waals surface area contributed by atoms with Gasteiger partial charge in [-0.1, -0.05) is 6.07 Å². The molecule has 3 aromatic rings. The van der Waals surface area contributed by atoms with Crippen molar-refractivity contribution in [2.24, 2.45) is 5.92 Å². The van der Waals surface area contributed by atoms with E-state index in [-0.39, 0.29) is 24.7 Å². The lowest BCUT2D eigenvalue weighted by Gasteiger charge is -2.12. The number of halogens is 2. The molecule has 2 fully saturated rings. The molecule has 1 aliphatic carbocycles. The zero-order chi connectivity index (χ0) is 21.4. The minimum atomic E-state index is -0.901. The Bertz CT molecular complexity index is 1110. The van der Waals surface area contributed by atoms with Gasteiger partial charge in [-0.3, -0.25) is 4.79 Å². The fraction of sp³-hybridized carbons (Fsp3) is 0.409. The standard InChI is InChI=1S/C22H24F2N6O/c23-15-8-16(25-10-15)11-28-22(31)17-4-3-14(7-18(17)24)19-12-27-21-6-5-20(29-30(19)21)26-9-13-1-2-13/h3-7,12-13,15-16,25H,1-2,8-11H2,(H,26,29)(H,28,31)/t15-,16-/m0/s1.